The summed E-state index contributed by atoms with van der Waals surface area (Å²) in [5, 5.41) is 9.14. The molecule has 0 spiro atoms. The number of aromatic nitrogens is 4. The molecule has 116 valence electrons. The van der Waals surface area contributed by atoms with Gasteiger partial charge in [0.2, 0.25) is 0 Å². The Morgan fingerprint density at radius 1 is 1.48 bits per heavy atom. The second-order valence-electron chi connectivity index (χ2n) is 4.39. The Hall–Kier alpha value is -1.16. The monoisotopic (exact) mass is 334 g/mol. The number of nitrogens with one attached hydrogen (secondary N) is 1. The van der Waals surface area contributed by atoms with E-state index in [1.807, 2.05) is 0 Å². The van der Waals surface area contributed by atoms with Crippen molar-refractivity contribution in [3.05, 3.63) is 17.3 Å². The van der Waals surface area contributed by atoms with Crippen molar-refractivity contribution in [1.29, 1.82) is 0 Å². The van der Waals surface area contributed by atoms with Crippen LogP contribution in [0, 0.1) is 4.64 Å². The van der Waals surface area contributed by atoms with Crippen LogP contribution in [0.3, 0.4) is 0 Å². The minimum atomic E-state index is -4.22. The summed E-state index contributed by atoms with van der Waals surface area (Å²) in [6.45, 7) is -0.0961. The maximum absolute atomic E-state index is 10.8. The van der Waals surface area contributed by atoms with Crippen LogP contribution < -0.4 is 0 Å². The van der Waals surface area contributed by atoms with Crippen LogP contribution in [0.5, 0.6) is 0 Å². The molecule has 0 saturated heterocycles. The average molecular weight is 334 g/mol. The van der Waals surface area contributed by atoms with Gasteiger partial charge in [-0.3, -0.25) is 4.57 Å². The van der Waals surface area contributed by atoms with Crippen LogP contribution in [0.25, 0.3) is 11.2 Å². The van der Waals surface area contributed by atoms with Crippen molar-refractivity contribution < 1.29 is 24.2 Å². The highest BCUT2D eigenvalue weighted by atomic mass is 32.1. The number of hydrogen-bond acceptors (Lipinski definition) is 6. The average Bonchev–Trinajstić information content (AvgIpc) is 2.81. The molecule has 11 heteroatoms. The van der Waals surface area contributed by atoms with Crippen molar-refractivity contribution in [2.45, 2.75) is 12.5 Å². The number of ether oxygens (including phenoxy) is 1. The van der Waals surface area contributed by atoms with E-state index in [0.29, 0.717) is 22.2 Å². The number of imidazole rings is 1. The van der Waals surface area contributed by atoms with E-state index in [2.05, 4.69) is 15.0 Å². The zero-order valence-corrected chi connectivity index (χ0v) is 12.6. The number of H-pyrrole nitrogens is 1. The van der Waals surface area contributed by atoms with Crippen LogP contribution in [-0.2, 0) is 9.30 Å². The Kier molecular flexibility index (Phi) is 5.20. The molecule has 0 radical (unpaired) electrons. The van der Waals surface area contributed by atoms with Crippen LogP contribution in [0.15, 0.2) is 12.7 Å². The fourth-order valence-corrected chi connectivity index (χ4v) is 2.53. The number of aliphatic hydroxyl groups is 1. The number of fused-ring (bicyclic) bond motifs is 1. The highest BCUT2D eigenvalue weighted by Gasteiger charge is 2.18. The molecule has 2 rings (SSSR count). The second kappa shape index (κ2) is 6.73. The van der Waals surface area contributed by atoms with E-state index in [9.17, 15) is 4.57 Å². The third-order valence-corrected chi connectivity index (χ3v) is 3.62. The first-order valence-corrected chi connectivity index (χ1v) is 8.26. The minimum Gasteiger partial charge on any atom is -0.396 e. The Morgan fingerprint density at radius 3 is 2.90 bits per heavy atom. The molecule has 9 nitrogen and oxygen atoms in total. The first-order valence-electron chi connectivity index (χ1n) is 6.06. The first kappa shape index (κ1) is 16.2. The Balaban J connectivity index is 2.24. The van der Waals surface area contributed by atoms with Gasteiger partial charge in [0.05, 0.1) is 25.3 Å². The van der Waals surface area contributed by atoms with E-state index >= 15 is 0 Å². The lowest BCUT2D eigenvalue weighted by atomic mass is 10.2. The zero-order valence-electron chi connectivity index (χ0n) is 10.9. The van der Waals surface area contributed by atoms with E-state index in [1.54, 1.807) is 4.57 Å². The molecule has 1 atom stereocenters. The zero-order chi connectivity index (χ0) is 15.5. The highest BCUT2D eigenvalue weighted by Crippen LogP contribution is 2.34. The van der Waals surface area contributed by atoms with Gasteiger partial charge >= 0.3 is 7.60 Å². The maximum Gasteiger partial charge on any atom is 0.350 e. The van der Waals surface area contributed by atoms with E-state index in [4.69, 9.17) is 31.8 Å². The minimum absolute atomic E-state index is 0.0147. The summed E-state index contributed by atoms with van der Waals surface area (Å²) in [7, 11) is -4.22. The van der Waals surface area contributed by atoms with Gasteiger partial charge in [-0.2, -0.15) is 0 Å². The lowest BCUT2D eigenvalue weighted by Gasteiger charge is -2.18. The fraction of sp³-hybridized carbons (Fsp3) is 0.500. The summed E-state index contributed by atoms with van der Waals surface area (Å²) >= 11 is 5.15. The summed E-state index contributed by atoms with van der Waals surface area (Å²) in [5.74, 6) is 0. The topological polar surface area (TPSA) is 133 Å². The van der Waals surface area contributed by atoms with Crippen molar-refractivity contribution in [1.82, 2.24) is 19.5 Å². The summed E-state index contributed by atoms with van der Waals surface area (Å²) < 4.78 is 17.9. The van der Waals surface area contributed by atoms with Crippen molar-refractivity contribution in [2.24, 2.45) is 0 Å². The number of hydrogen-bond donors (Lipinski definition) is 4. The molecule has 2 aromatic rings. The van der Waals surface area contributed by atoms with Crippen LogP contribution in [0.4, 0.5) is 0 Å². The van der Waals surface area contributed by atoms with Crippen molar-refractivity contribution >= 4 is 31.0 Å². The number of aromatic amines is 1. The molecule has 0 fully saturated rings. The van der Waals surface area contributed by atoms with Crippen LogP contribution in [0.1, 0.15) is 12.5 Å². The molecule has 0 bridgehead atoms. The fourth-order valence-electron chi connectivity index (χ4n) is 1.93. The predicted octanol–water partition coefficient (Wildman–Crippen LogP) is 0.564. The van der Waals surface area contributed by atoms with Gasteiger partial charge in [-0.25, -0.2) is 9.97 Å². The van der Waals surface area contributed by atoms with Crippen molar-refractivity contribution in [2.75, 3.05) is 19.6 Å². The number of aliphatic hydroxyl groups excluding tert-OH is 1. The summed E-state index contributed by atoms with van der Waals surface area (Å²) in [4.78, 5) is 28.6. The van der Waals surface area contributed by atoms with E-state index in [1.165, 1.54) is 12.7 Å². The quantitative estimate of drug-likeness (QED) is 0.426. The predicted molar refractivity (Wildman–Crippen MR) is 76.3 cm³/mol. The third kappa shape index (κ3) is 4.16. The van der Waals surface area contributed by atoms with E-state index < -0.39 is 13.9 Å². The molecule has 0 aliphatic rings. The van der Waals surface area contributed by atoms with Gasteiger partial charge in [-0.05, 0) is 6.42 Å². The van der Waals surface area contributed by atoms with E-state index in [-0.39, 0.29) is 19.3 Å². The summed E-state index contributed by atoms with van der Waals surface area (Å²) in [5.41, 5.74) is 1.14. The van der Waals surface area contributed by atoms with Crippen LogP contribution in [-0.4, -0.2) is 54.0 Å². The van der Waals surface area contributed by atoms with Crippen molar-refractivity contribution in [3.8, 4) is 0 Å². The molecule has 0 saturated carbocycles. The van der Waals surface area contributed by atoms with Crippen LogP contribution >= 0.6 is 19.8 Å². The molecule has 21 heavy (non-hydrogen) atoms. The van der Waals surface area contributed by atoms with Gasteiger partial charge in [0.15, 0.2) is 10.3 Å². The van der Waals surface area contributed by atoms with Gasteiger partial charge in [-0.1, -0.05) is 12.2 Å². The van der Waals surface area contributed by atoms with Crippen molar-refractivity contribution in [3.63, 3.8) is 0 Å². The molecule has 0 amide bonds. The molecule has 0 aliphatic carbocycles. The molecule has 2 heterocycles. The maximum atomic E-state index is 10.8. The lowest BCUT2D eigenvalue weighted by Crippen LogP contribution is -2.17. The number of nitrogens with zero attached hydrogens (tertiary/aromatic N) is 3. The summed E-state index contributed by atoms with van der Waals surface area (Å²) in [6, 6.07) is -0.356. The highest BCUT2D eigenvalue weighted by molar-refractivity contribution is 7.71. The largest absolute Gasteiger partial charge is 0.396 e. The third-order valence-electron chi connectivity index (χ3n) is 2.80. The second-order valence-corrected chi connectivity index (χ2v) is 6.36. The standard InChI is InChI=1S/C10H15N4O5PS/c15-2-1-7(3-19-6-20(16,17)18)14-5-13-9-8(14)10(21)12-4-11-9/h4-5,7,15H,1-3,6H2,(H,11,12,21)(H2,16,17,18). The number of rotatable bonds is 7. The first-order chi connectivity index (χ1) is 9.92. The van der Waals surface area contributed by atoms with Gasteiger partial charge in [0.25, 0.3) is 0 Å². The molecular weight excluding hydrogens is 319 g/mol. The van der Waals surface area contributed by atoms with Gasteiger partial charge in [0, 0.05) is 6.61 Å². The molecule has 2 aromatic heterocycles. The van der Waals surface area contributed by atoms with Crippen LogP contribution in [0.2, 0.25) is 0 Å². The van der Waals surface area contributed by atoms with Gasteiger partial charge < -0.3 is 29.2 Å². The smallest absolute Gasteiger partial charge is 0.350 e. The molecular formula is C10H15N4O5PS. The molecule has 0 aromatic carbocycles. The van der Waals surface area contributed by atoms with Gasteiger partial charge in [0.1, 0.15) is 11.9 Å². The Bertz CT molecular complexity index is 711. The Labute approximate surface area is 124 Å². The molecule has 4 N–H and O–H groups in total. The van der Waals surface area contributed by atoms with Gasteiger partial charge in [-0.15, -0.1) is 0 Å². The SMILES string of the molecule is O=P(O)(O)COCC(CCO)n1cnc2[nH]cnc(=S)c21. The normalized spacial score (nSPS) is 13.7. The summed E-state index contributed by atoms with van der Waals surface area (Å²) in [6.07, 6.45) is 2.62. The Morgan fingerprint density at radius 2 is 2.24 bits per heavy atom. The lowest BCUT2D eigenvalue weighted by molar-refractivity contribution is 0.112. The molecule has 0 aliphatic heterocycles. The molecule has 1 unspecified atom stereocenters. The van der Waals surface area contributed by atoms with E-state index in [0.717, 1.165) is 0 Å².